The highest BCUT2D eigenvalue weighted by molar-refractivity contribution is 6.07. The van der Waals surface area contributed by atoms with Crippen molar-refractivity contribution in [1.82, 2.24) is 5.32 Å². The Morgan fingerprint density at radius 3 is 2.06 bits per heavy atom. The van der Waals surface area contributed by atoms with Crippen molar-refractivity contribution < 1.29 is 33.4 Å². The van der Waals surface area contributed by atoms with Crippen molar-refractivity contribution in [2.75, 3.05) is 18.5 Å². The number of rotatable bonds is 14. The molecule has 2 amide bonds. The number of ether oxygens (including phenoxy) is 3. The Hall–Kier alpha value is -3.10. The van der Waals surface area contributed by atoms with Gasteiger partial charge < -0.3 is 19.5 Å². The van der Waals surface area contributed by atoms with Crippen molar-refractivity contribution in [3.8, 4) is 0 Å². The molecule has 0 saturated carbocycles. The van der Waals surface area contributed by atoms with Crippen LogP contribution in [-0.2, 0) is 35.0 Å². The molecule has 2 N–H and O–H groups in total. The molecule has 0 aromatic heterocycles. The van der Waals surface area contributed by atoms with E-state index in [2.05, 4.69) is 17.6 Å². The minimum atomic E-state index is -2.01. The summed E-state index contributed by atoms with van der Waals surface area (Å²) in [6, 6.07) is 7.25. The third-order valence-electron chi connectivity index (χ3n) is 5.34. The van der Waals surface area contributed by atoms with Crippen LogP contribution in [0, 0.1) is 0 Å². The zero-order chi connectivity index (χ0) is 27.2. The number of esters is 2. The molecular weight excluding hydrogens is 464 g/mol. The molecule has 0 aliphatic carbocycles. The lowest BCUT2D eigenvalue weighted by molar-refractivity contribution is -0.166. The summed E-state index contributed by atoms with van der Waals surface area (Å²) in [6.45, 7) is 10.4. The van der Waals surface area contributed by atoms with Crippen molar-refractivity contribution in [3.63, 3.8) is 0 Å². The molecule has 1 aromatic carbocycles. The Kier molecular flexibility index (Phi) is 13.0. The third-order valence-corrected chi connectivity index (χ3v) is 5.34. The number of unbranched alkanes of at least 4 members (excludes halogenated alkanes) is 3. The first kappa shape index (κ1) is 30.9. The fourth-order valence-corrected chi connectivity index (χ4v) is 3.37. The van der Waals surface area contributed by atoms with Crippen LogP contribution < -0.4 is 10.6 Å². The maximum atomic E-state index is 13.0. The van der Waals surface area contributed by atoms with E-state index in [0.717, 1.165) is 31.2 Å². The molecule has 9 nitrogen and oxygen atoms in total. The molecule has 0 bridgehead atoms. The van der Waals surface area contributed by atoms with Gasteiger partial charge >= 0.3 is 18.0 Å². The number of carbonyl (C=O) groups is 4. The molecule has 0 heterocycles. The molecule has 0 aliphatic rings. The van der Waals surface area contributed by atoms with Gasteiger partial charge in [0.05, 0.1) is 13.2 Å². The number of alkyl carbamates (subject to hydrolysis) is 1. The summed E-state index contributed by atoms with van der Waals surface area (Å²) in [6.07, 6.45) is 4.06. The smallest absolute Gasteiger partial charge is 0.409 e. The first-order valence-electron chi connectivity index (χ1n) is 12.7. The first-order valence-corrected chi connectivity index (χ1v) is 12.7. The van der Waals surface area contributed by atoms with Gasteiger partial charge in [-0.15, -0.1) is 0 Å². The minimum absolute atomic E-state index is 0.0138. The molecule has 202 valence electrons. The largest absolute Gasteiger partial charge is 0.464 e. The fourth-order valence-electron chi connectivity index (χ4n) is 3.37. The van der Waals surface area contributed by atoms with Gasteiger partial charge in [0, 0.05) is 18.5 Å². The molecule has 9 heteroatoms. The minimum Gasteiger partial charge on any atom is -0.464 e. The third kappa shape index (κ3) is 10.7. The number of benzene rings is 1. The van der Waals surface area contributed by atoms with E-state index in [9.17, 15) is 19.2 Å². The van der Waals surface area contributed by atoms with E-state index in [0.29, 0.717) is 18.5 Å². The molecule has 36 heavy (non-hydrogen) atoms. The van der Waals surface area contributed by atoms with Crippen LogP contribution in [0.15, 0.2) is 24.3 Å². The Labute approximate surface area is 214 Å². The van der Waals surface area contributed by atoms with Gasteiger partial charge in [-0.1, -0.05) is 45.2 Å². The highest BCUT2D eigenvalue weighted by atomic mass is 16.6. The van der Waals surface area contributed by atoms with Gasteiger partial charge in [-0.3, -0.25) is 10.1 Å². The van der Waals surface area contributed by atoms with Crippen LogP contribution in [-0.4, -0.2) is 48.3 Å². The van der Waals surface area contributed by atoms with E-state index in [1.54, 1.807) is 46.8 Å². The van der Waals surface area contributed by atoms with Gasteiger partial charge in [0.25, 0.3) is 0 Å². The highest BCUT2D eigenvalue weighted by Crippen LogP contribution is 2.19. The van der Waals surface area contributed by atoms with Gasteiger partial charge in [-0.05, 0) is 58.2 Å². The predicted octanol–water partition coefficient (Wildman–Crippen LogP) is 4.92. The Balaban J connectivity index is 2.72. The van der Waals surface area contributed by atoms with Crippen LogP contribution in [0.2, 0.25) is 0 Å². The second-order valence-electron chi connectivity index (χ2n) is 9.55. The Bertz CT molecular complexity index is 862. The molecule has 1 rings (SSSR count). The average Bonchev–Trinajstić information content (AvgIpc) is 2.80. The fraction of sp³-hybridized carbons (Fsp3) is 0.630. The van der Waals surface area contributed by atoms with E-state index in [1.807, 2.05) is 12.1 Å². The van der Waals surface area contributed by atoms with Crippen molar-refractivity contribution >= 4 is 29.6 Å². The van der Waals surface area contributed by atoms with Crippen LogP contribution in [0.5, 0.6) is 0 Å². The Morgan fingerprint density at radius 1 is 0.861 bits per heavy atom. The van der Waals surface area contributed by atoms with Crippen molar-refractivity contribution in [2.45, 2.75) is 97.6 Å². The van der Waals surface area contributed by atoms with Crippen molar-refractivity contribution in [2.24, 2.45) is 0 Å². The van der Waals surface area contributed by atoms with Crippen molar-refractivity contribution in [1.29, 1.82) is 0 Å². The van der Waals surface area contributed by atoms with Crippen LogP contribution in [0.25, 0.3) is 0 Å². The maximum Gasteiger partial charge on any atom is 0.409 e. The van der Waals surface area contributed by atoms with Gasteiger partial charge in [-0.2, -0.15) is 0 Å². The summed E-state index contributed by atoms with van der Waals surface area (Å²) in [5.74, 6) is -1.83. The summed E-state index contributed by atoms with van der Waals surface area (Å²) >= 11 is 0. The molecule has 0 radical (unpaired) electrons. The van der Waals surface area contributed by atoms with E-state index >= 15 is 0 Å². The monoisotopic (exact) mass is 506 g/mol. The number of hydrogen-bond donors (Lipinski definition) is 2. The quantitative estimate of drug-likeness (QED) is 0.159. The zero-order valence-electron chi connectivity index (χ0n) is 22.5. The SMILES string of the molecule is CCCCCCC(=O)Nc1ccc(CCOC(=O)C(CC)(NC(=O)OC(C)(C)C)C(=O)OCC)cc1. The first-order chi connectivity index (χ1) is 17.0. The summed E-state index contributed by atoms with van der Waals surface area (Å²) in [4.78, 5) is 50.0. The maximum absolute atomic E-state index is 13.0. The van der Waals surface area contributed by atoms with Crippen LogP contribution in [0.3, 0.4) is 0 Å². The predicted molar refractivity (Wildman–Crippen MR) is 138 cm³/mol. The molecule has 0 aliphatic heterocycles. The van der Waals surface area contributed by atoms with E-state index < -0.39 is 29.2 Å². The number of hydrogen-bond acceptors (Lipinski definition) is 7. The lowest BCUT2D eigenvalue weighted by atomic mass is 9.96. The summed E-state index contributed by atoms with van der Waals surface area (Å²) in [5, 5.41) is 5.25. The molecule has 0 spiro atoms. The number of nitrogens with one attached hydrogen (secondary N) is 2. The van der Waals surface area contributed by atoms with E-state index in [4.69, 9.17) is 14.2 Å². The standard InChI is InChI=1S/C27H42N2O7/c1-7-10-11-12-13-22(30)28-21-16-14-20(15-17-21)18-19-35-24(32)27(8-2,23(31)34-9-3)29-25(33)36-26(4,5)6/h14-17H,7-13,18-19H2,1-6H3,(H,28,30)(H,29,33). The van der Waals surface area contributed by atoms with Crippen LogP contribution in [0.4, 0.5) is 10.5 Å². The highest BCUT2D eigenvalue weighted by Gasteiger charge is 2.50. The topological polar surface area (TPSA) is 120 Å². The molecular formula is C27H42N2O7. The van der Waals surface area contributed by atoms with Gasteiger partial charge in [0.2, 0.25) is 11.4 Å². The molecule has 1 atom stereocenters. The van der Waals surface area contributed by atoms with Crippen LogP contribution in [0.1, 0.15) is 85.6 Å². The van der Waals surface area contributed by atoms with E-state index in [-0.39, 0.29) is 25.5 Å². The van der Waals surface area contributed by atoms with Gasteiger partial charge in [-0.25, -0.2) is 14.4 Å². The molecule has 0 fully saturated rings. The number of carbonyl (C=O) groups excluding carboxylic acids is 4. The van der Waals surface area contributed by atoms with Crippen LogP contribution >= 0.6 is 0 Å². The number of anilines is 1. The lowest BCUT2D eigenvalue weighted by Crippen LogP contribution is -2.61. The van der Waals surface area contributed by atoms with Crippen molar-refractivity contribution in [3.05, 3.63) is 29.8 Å². The Morgan fingerprint density at radius 2 is 1.50 bits per heavy atom. The zero-order valence-corrected chi connectivity index (χ0v) is 22.5. The summed E-state index contributed by atoms with van der Waals surface area (Å²) in [5.41, 5.74) is -1.25. The number of amides is 2. The second-order valence-corrected chi connectivity index (χ2v) is 9.55. The molecule has 1 aromatic rings. The molecule has 0 saturated heterocycles. The van der Waals surface area contributed by atoms with Gasteiger partial charge in [0.15, 0.2) is 0 Å². The molecule has 1 unspecified atom stereocenters. The normalized spacial score (nSPS) is 12.7. The van der Waals surface area contributed by atoms with E-state index in [1.165, 1.54) is 0 Å². The summed E-state index contributed by atoms with van der Waals surface area (Å²) < 4.78 is 15.7. The lowest BCUT2D eigenvalue weighted by Gasteiger charge is -2.30. The van der Waals surface area contributed by atoms with Gasteiger partial charge in [0.1, 0.15) is 5.60 Å². The second kappa shape index (κ2) is 15.1. The summed E-state index contributed by atoms with van der Waals surface area (Å²) in [7, 11) is 0. The average molecular weight is 507 g/mol.